The standard InChI is InChI=1S/C18H18N4O2/c1-13(24-16-6-4-3-5-7-16)18(23)21-15-8-9-17(20-12-15)22-11-10-19-14(22)2/h3-13H,1-2H3,(H,21,23). The number of aryl methyl sites for hydroxylation is 1. The van der Waals surface area contributed by atoms with Crippen molar-refractivity contribution in [2.75, 3.05) is 5.32 Å². The Morgan fingerprint density at radius 1 is 1.17 bits per heavy atom. The Morgan fingerprint density at radius 2 is 1.96 bits per heavy atom. The number of anilines is 1. The molecule has 0 aliphatic heterocycles. The first-order valence-electron chi connectivity index (χ1n) is 7.62. The largest absolute Gasteiger partial charge is 0.481 e. The van der Waals surface area contributed by atoms with Crippen molar-refractivity contribution in [3.63, 3.8) is 0 Å². The first-order chi connectivity index (χ1) is 11.6. The van der Waals surface area contributed by atoms with Crippen LogP contribution in [0.15, 0.2) is 61.1 Å². The minimum absolute atomic E-state index is 0.229. The van der Waals surface area contributed by atoms with E-state index in [-0.39, 0.29) is 5.91 Å². The molecule has 1 amide bonds. The maximum Gasteiger partial charge on any atom is 0.265 e. The average molecular weight is 322 g/mol. The number of hydrogen-bond donors (Lipinski definition) is 1. The second-order valence-corrected chi connectivity index (χ2v) is 5.31. The quantitative estimate of drug-likeness (QED) is 0.784. The lowest BCUT2D eigenvalue weighted by atomic mass is 10.3. The van der Waals surface area contributed by atoms with E-state index < -0.39 is 6.10 Å². The summed E-state index contributed by atoms with van der Waals surface area (Å²) >= 11 is 0. The van der Waals surface area contributed by atoms with Crippen LogP contribution in [0.4, 0.5) is 5.69 Å². The van der Waals surface area contributed by atoms with Gasteiger partial charge in [-0.25, -0.2) is 9.97 Å². The van der Waals surface area contributed by atoms with Crippen molar-refractivity contribution in [3.8, 4) is 11.6 Å². The lowest BCUT2D eigenvalue weighted by molar-refractivity contribution is -0.122. The predicted octanol–water partition coefficient (Wildman–Crippen LogP) is 2.98. The molecule has 0 aliphatic carbocycles. The van der Waals surface area contributed by atoms with Gasteiger partial charge in [0.2, 0.25) is 0 Å². The van der Waals surface area contributed by atoms with Crippen LogP contribution in [0.3, 0.4) is 0 Å². The Hall–Kier alpha value is -3.15. The second-order valence-electron chi connectivity index (χ2n) is 5.31. The topological polar surface area (TPSA) is 69.0 Å². The Bertz CT molecular complexity index is 813. The molecule has 1 atom stereocenters. The van der Waals surface area contributed by atoms with Gasteiger partial charge in [-0.15, -0.1) is 0 Å². The van der Waals surface area contributed by atoms with Crippen molar-refractivity contribution in [1.29, 1.82) is 0 Å². The van der Waals surface area contributed by atoms with Crippen molar-refractivity contribution < 1.29 is 9.53 Å². The highest BCUT2D eigenvalue weighted by atomic mass is 16.5. The SMILES string of the molecule is Cc1nccn1-c1ccc(NC(=O)C(C)Oc2ccccc2)cn1. The van der Waals surface area contributed by atoms with Gasteiger partial charge in [0.25, 0.3) is 5.91 Å². The first-order valence-corrected chi connectivity index (χ1v) is 7.62. The van der Waals surface area contributed by atoms with Crippen LogP contribution >= 0.6 is 0 Å². The Morgan fingerprint density at radius 3 is 2.58 bits per heavy atom. The van der Waals surface area contributed by atoms with E-state index in [0.717, 1.165) is 11.6 Å². The molecule has 1 unspecified atom stereocenters. The van der Waals surface area contributed by atoms with E-state index in [1.165, 1.54) is 0 Å². The molecular formula is C18H18N4O2. The predicted molar refractivity (Wildman–Crippen MR) is 91.3 cm³/mol. The molecule has 0 aliphatic rings. The highest BCUT2D eigenvalue weighted by molar-refractivity contribution is 5.94. The van der Waals surface area contributed by atoms with E-state index in [1.807, 2.05) is 54.1 Å². The van der Waals surface area contributed by atoms with Gasteiger partial charge in [-0.1, -0.05) is 18.2 Å². The highest BCUT2D eigenvalue weighted by Gasteiger charge is 2.15. The number of ether oxygens (including phenoxy) is 1. The molecule has 2 heterocycles. The summed E-state index contributed by atoms with van der Waals surface area (Å²) in [4.78, 5) is 20.7. The zero-order valence-electron chi connectivity index (χ0n) is 13.5. The number of nitrogens with zero attached hydrogens (tertiary/aromatic N) is 3. The number of carbonyl (C=O) groups is 1. The van der Waals surface area contributed by atoms with Gasteiger partial charge in [0.15, 0.2) is 6.10 Å². The molecule has 6 heteroatoms. The number of para-hydroxylation sites is 1. The lowest BCUT2D eigenvalue weighted by Crippen LogP contribution is -2.30. The minimum Gasteiger partial charge on any atom is -0.481 e. The maximum atomic E-state index is 12.2. The second kappa shape index (κ2) is 6.95. The molecule has 6 nitrogen and oxygen atoms in total. The van der Waals surface area contributed by atoms with Gasteiger partial charge in [0, 0.05) is 12.4 Å². The van der Waals surface area contributed by atoms with Crippen LogP contribution in [0.2, 0.25) is 0 Å². The molecule has 2 aromatic heterocycles. The smallest absolute Gasteiger partial charge is 0.265 e. The summed E-state index contributed by atoms with van der Waals surface area (Å²) in [5, 5.41) is 2.80. The number of aromatic nitrogens is 3. The van der Waals surface area contributed by atoms with E-state index in [4.69, 9.17) is 4.74 Å². The third-order valence-corrected chi connectivity index (χ3v) is 3.51. The number of rotatable bonds is 5. The van der Waals surface area contributed by atoms with E-state index in [0.29, 0.717) is 11.4 Å². The molecule has 0 bridgehead atoms. The molecule has 24 heavy (non-hydrogen) atoms. The monoisotopic (exact) mass is 322 g/mol. The minimum atomic E-state index is -0.608. The van der Waals surface area contributed by atoms with Crippen molar-refractivity contribution in [2.24, 2.45) is 0 Å². The Kier molecular flexibility index (Phi) is 4.56. The van der Waals surface area contributed by atoms with Crippen LogP contribution in [0, 0.1) is 6.92 Å². The molecule has 0 saturated heterocycles. The summed E-state index contributed by atoms with van der Waals surface area (Å²) in [7, 11) is 0. The summed E-state index contributed by atoms with van der Waals surface area (Å²) in [5.41, 5.74) is 0.616. The van der Waals surface area contributed by atoms with E-state index in [9.17, 15) is 4.79 Å². The van der Waals surface area contributed by atoms with E-state index in [1.54, 1.807) is 25.4 Å². The lowest BCUT2D eigenvalue weighted by Gasteiger charge is -2.14. The van der Waals surface area contributed by atoms with E-state index in [2.05, 4.69) is 15.3 Å². The van der Waals surface area contributed by atoms with Gasteiger partial charge < -0.3 is 10.1 Å². The third-order valence-electron chi connectivity index (χ3n) is 3.51. The van der Waals surface area contributed by atoms with Gasteiger partial charge in [-0.05, 0) is 38.1 Å². The van der Waals surface area contributed by atoms with Crippen LogP contribution < -0.4 is 10.1 Å². The normalized spacial score (nSPS) is 11.8. The van der Waals surface area contributed by atoms with Crippen LogP contribution in [0.1, 0.15) is 12.7 Å². The molecule has 0 radical (unpaired) electrons. The van der Waals surface area contributed by atoms with Crippen molar-refractivity contribution >= 4 is 11.6 Å². The van der Waals surface area contributed by atoms with Gasteiger partial charge in [0.1, 0.15) is 17.4 Å². The number of carbonyl (C=O) groups excluding carboxylic acids is 1. The summed E-state index contributed by atoms with van der Waals surface area (Å²) < 4.78 is 7.47. The number of pyridine rings is 1. The molecule has 0 saturated carbocycles. The molecule has 0 fully saturated rings. The molecule has 1 aromatic carbocycles. The zero-order valence-corrected chi connectivity index (χ0v) is 13.5. The van der Waals surface area contributed by atoms with Crippen LogP contribution in [-0.4, -0.2) is 26.5 Å². The molecule has 3 aromatic rings. The Labute approximate surface area is 140 Å². The zero-order chi connectivity index (χ0) is 16.9. The Balaban J connectivity index is 1.63. The summed E-state index contributed by atoms with van der Waals surface area (Å²) in [6.07, 6.45) is 4.56. The fourth-order valence-electron chi connectivity index (χ4n) is 2.22. The van der Waals surface area contributed by atoms with Gasteiger partial charge in [-0.3, -0.25) is 9.36 Å². The van der Waals surface area contributed by atoms with Crippen LogP contribution in [0.25, 0.3) is 5.82 Å². The van der Waals surface area contributed by atoms with Gasteiger partial charge in [0.05, 0.1) is 11.9 Å². The van der Waals surface area contributed by atoms with Crippen molar-refractivity contribution in [1.82, 2.24) is 14.5 Å². The number of benzene rings is 1. The first kappa shape index (κ1) is 15.7. The van der Waals surface area contributed by atoms with Gasteiger partial charge in [-0.2, -0.15) is 0 Å². The molecule has 122 valence electrons. The fraction of sp³-hybridized carbons (Fsp3) is 0.167. The van der Waals surface area contributed by atoms with Crippen LogP contribution in [0.5, 0.6) is 5.75 Å². The van der Waals surface area contributed by atoms with Gasteiger partial charge >= 0.3 is 0 Å². The molecule has 0 spiro atoms. The highest BCUT2D eigenvalue weighted by Crippen LogP contribution is 2.14. The number of amides is 1. The number of nitrogens with one attached hydrogen (secondary N) is 1. The van der Waals surface area contributed by atoms with E-state index >= 15 is 0 Å². The average Bonchev–Trinajstić information content (AvgIpc) is 3.02. The molecular weight excluding hydrogens is 304 g/mol. The summed E-state index contributed by atoms with van der Waals surface area (Å²) in [6, 6.07) is 12.9. The molecule has 3 rings (SSSR count). The summed E-state index contributed by atoms with van der Waals surface area (Å²) in [5.74, 6) is 2.03. The number of imidazole rings is 1. The fourth-order valence-corrected chi connectivity index (χ4v) is 2.22. The number of hydrogen-bond acceptors (Lipinski definition) is 4. The van der Waals surface area contributed by atoms with Crippen molar-refractivity contribution in [3.05, 3.63) is 66.9 Å². The maximum absolute atomic E-state index is 12.2. The summed E-state index contributed by atoms with van der Waals surface area (Å²) in [6.45, 7) is 3.61. The van der Waals surface area contributed by atoms with Crippen LogP contribution in [-0.2, 0) is 4.79 Å². The third kappa shape index (κ3) is 3.60. The van der Waals surface area contributed by atoms with Crippen molar-refractivity contribution in [2.45, 2.75) is 20.0 Å². The molecule has 1 N–H and O–H groups in total.